The lowest BCUT2D eigenvalue weighted by molar-refractivity contribution is 0.443. The molecule has 0 saturated heterocycles. The molecule has 4 heteroatoms. The van der Waals surface area contributed by atoms with Crippen molar-refractivity contribution in [3.63, 3.8) is 0 Å². The number of benzene rings is 9. The summed E-state index contributed by atoms with van der Waals surface area (Å²) in [4.78, 5) is 33.9. The van der Waals surface area contributed by atoms with Gasteiger partial charge in [-0.2, -0.15) is 0 Å². The second-order valence-corrected chi connectivity index (χ2v) is 26.9. The predicted molar refractivity (Wildman–Crippen MR) is 355 cm³/mol. The fraction of sp³-hybridized carbons (Fsp3) is 0.317. The third-order valence-electron chi connectivity index (χ3n) is 22.6. The Hall–Kier alpha value is -8.08. The summed E-state index contributed by atoms with van der Waals surface area (Å²) >= 11 is 0. The molecule has 426 valence electrons. The van der Waals surface area contributed by atoms with Crippen molar-refractivity contribution >= 4 is 43.6 Å². The predicted octanol–water partition coefficient (Wildman–Crippen LogP) is 20.2. The lowest BCUT2D eigenvalue weighted by atomic mass is 9.62. The maximum absolute atomic E-state index is 17.0. The number of rotatable bonds is 8. The summed E-state index contributed by atoms with van der Waals surface area (Å²) in [6.45, 7) is 0. The Morgan fingerprint density at radius 1 is 0.302 bits per heavy atom. The minimum Gasteiger partial charge on any atom is -0.308 e. The van der Waals surface area contributed by atoms with E-state index in [4.69, 9.17) is 0 Å². The highest BCUT2D eigenvalue weighted by molar-refractivity contribution is 6.09. The van der Waals surface area contributed by atoms with Gasteiger partial charge in [0.25, 0.3) is 0 Å². The summed E-state index contributed by atoms with van der Waals surface area (Å²) in [5.41, 5.74) is 19.2. The van der Waals surface area contributed by atoms with Crippen LogP contribution in [0.1, 0.15) is 219 Å². The molecule has 0 atom stereocenters. The third-order valence-corrected chi connectivity index (χ3v) is 22.6. The van der Waals surface area contributed by atoms with E-state index in [0.29, 0.717) is 22.6 Å². The number of nitrogens with zero attached hydrogens (tertiary/aromatic N) is 2. The molecule has 0 radical (unpaired) electrons. The van der Waals surface area contributed by atoms with Gasteiger partial charge in [-0.15, -0.1) is 0 Å². The Morgan fingerprint density at radius 2 is 0.616 bits per heavy atom. The van der Waals surface area contributed by atoms with Crippen molar-refractivity contribution in [1.82, 2.24) is 9.13 Å². The first kappa shape index (κ1) is 52.3. The quantitative estimate of drug-likeness (QED) is 0.142. The van der Waals surface area contributed by atoms with Crippen molar-refractivity contribution in [3.05, 3.63) is 281 Å². The lowest BCUT2D eigenvalue weighted by Crippen LogP contribution is -2.37. The van der Waals surface area contributed by atoms with Crippen LogP contribution < -0.4 is 10.9 Å². The molecule has 11 aromatic rings. The molecule has 2 aromatic heterocycles. The standard InChI is InChI=1S/C82H76N2O2/c85-79-65-51-66-72(84-74-50-58(54-27-11-2-12-28-54)42-46-68(74)82(61-37-21-7-22-38-61,62-39-23-8-24-40-62)70-48-44-64(56-31-15-4-16-32-56)76(78(70)84)80(66)86)52-71(65)83-73-49-57(53-25-9-1-10-26-53)41-45-67(73)81(59-33-17-5-18-34-59,60-35-19-6-20-36-60)69-47-43-63(75(79)77(69)83)55-29-13-3-14-30-55/h5-8,17-24,33-56H,1-4,9-16,25-32H2. The lowest BCUT2D eigenvalue weighted by Gasteiger charge is -2.44. The van der Waals surface area contributed by atoms with Gasteiger partial charge in [-0.25, -0.2) is 0 Å². The van der Waals surface area contributed by atoms with E-state index in [0.717, 1.165) is 107 Å². The number of hydrogen-bond donors (Lipinski definition) is 0. The van der Waals surface area contributed by atoms with Crippen molar-refractivity contribution in [2.75, 3.05) is 0 Å². The summed E-state index contributed by atoms with van der Waals surface area (Å²) in [6, 6.07) is 73.7. The fourth-order valence-corrected chi connectivity index (χ4v) is 18.7. The van der Waals surface area contributed by atoms with Crippen molar-refractivity contribution in [3.8, 4) is 11.4 Å². The molecule has 0 bridgehead atoms. The van der Waals surface area contributed by atoms with Gasteiger partial charge in [0.1, 0.15) is 0 Å². The molecule has 6 aliphatic rings. The van der Waals surface area contributed by atoms with E-state index in [2.05, 4.69) is 203 Å². The van der Waals surface area contributed by atoms with Crippen molar-refractivity contribution in [2.24, 2.45) is 0 Å². The number of aromatic nitrogens is 2. The molecule has 4 fully saturated rings. The van der Waals surface area contributed by atoms with Crippen LogP contribution in [0.4, 0.5) is 0 Å². The molecule has 0 spiro atoms. The molecule has 17 rings (SSSR count). The molecular weight excluding hydrogens is 1040 g/mol. The van der Waals surface area contributed by atoms with E-state index in [9.17, 15) is 0 Å². The van der Waals surface area contributed by atoms with E-state index in [-0.39, 0.29) is 22.7 Å². The zero-order valence-electron chi connectivity index (χ0n) is 49.6. The van der Waals surface area contributed by atoms with Gasteiger partial charge >= 0.3 is 0 Å². The molecule has 4 aliphatic carbocycles. The molecule has 2 aliphatic heterocycles. The van der Waals surface area contributed by atoms with Gasteiger partial charge < -0.3 is 9.13 Å². The average Bonchev–Trinajstić information content (AvgIpc) is 0.704. The van der Waals surface area contributed by atoms with E-state index in [1.54, 1.807) is 0 Å². The Bertz CT molecular complexity index is 4220. The number of pyridine rings is 2. The van der Waals surface area contributed by atoms with Crippen LogP contribution in [0.3, 0.4) is 0 Å². The van der Waals surface area contributed by atoms with Gasteiger partial charge in [-0.1, -0.05) is 247 Å². The summed E-state index contributed by atoms with van der Waals surface area (Å²) < 4.78 is 5.14. The van der Waals surface area contributed by atoms with Gasteiger partial charge in [0.15, 0.2) is 10.9 Å². The summed E-state index contributed by atoms with van der Waals surface area (Å²) in [5, 5.41) is 2.93. The normalized spacial score (nSPS) is 18.8. The van der Waals surface area contributed by atoms with Crippen LogP contribution in [0.15, 0.2) is 204 Å². The van der Waals surface area contributed by atoms with Crippen LogP contribution >= 0.6 is 0 Å². The molecular formula is C82H76N2O2. The molecule has 4 nitrogen and oxygen atoms in total. The zero-order valence-corrected chi connectivity index (χ0v) is 49.6. The third kappa shape index (κ3) is 7.66. The first-order valence-electron chi connectivity index (χ1n) is 33.3. The summed E-state index contributed by atoms with van der Waals surface area (Å²) in [5.74, 6) is 1.41. The molecule has 9 aromatic carbocycles. The van der Waals surface area contributed by atoms with Crippen LogP contribution in [-0.2, 0) is 10.8 Å². The van der Waals surface area contributed by atoms with Crippen LogP contribution in [0, 0.1) is 0 Å². The summed E-state index contributed by atoms with van der Waals surface area (Å²) in [6.07, 6.45) is 23.5. The monoisotopic (exact) mass is 1120 g/mol. The highest BCUT2D eigenvalue weighted by atomic mass is 16.1. The fourth-order valence-electron chi connectivity index (χ4n) is 18.7. The Labute approximate surface area is 505 Å². The first-order chi connectivity index (χ1) is 42.5. The van der Waals surface area contributed by atoms with Gasteiger partial charge in [-0.05, 0) is 166 Å². The van der Waals surface area contributed by atoms with Crippen LogP contribution in [-0.4, -0.2) is 9.13 Å². The highest BCUT2D eigenvalue weighted by Crippen LogP contribution is 2.58. The van der Waals surface area contributed by atoms with Gasteiger partial charge in [0.2, 0.25) is 0 Å². The number of fused-ring (bicyclic) bond motifs is 8. The second kappa shape index (κ2) is 20.8. The minimum atomic E-state index is -0.751. The largest absolute Gasteiger partial charge is 0.308 e. The van der Waals surface area contributed by atoms with Crippen LogP contribution in [0.2, 0.25) is 0 Å². The smallest absolute Gasteiger partial charge is 0.197 e. The molecule has 0 amide bonds. The first-order valence-corrected chi connectivity index (χ1v) is 33.3. The SMILES string of the molecule is O=c1c2cc3c(=O)c4c(C5CCCCC5)ccc5c4n(c3cc2n2c3c(ccc(C4CCCCC4)c13)C(c1ccccc1)(c1ccccc1)c1ccc(C3CCCCC3)cc1-2)-c1cc(C2CCCCC2)ccc1C5(c1ccccc1)c1ccccc1. The molecule has 0 unspecified atom stereocenters. The van der Waals surface area contributed by atoms with Crippen molar-refractivity contribution in [2.45, 2.75) is 163 Å². The summed E-state index contributed by atoms with van der Waals surface area (Å²) in [7, 11) is 0. The van der Waals surface area contributed by atoms with E-state index >= 15 is 9.59 Å². The molecule has 0 N–H and O–H groups in total. The Morgan fingerprint density at radius 3 is 0.953 bits per heavy atom. The molecule has 4 saturated carbocycles. The second-order valence-electron chi connectivity index (χ2n) is 26.9. The van der Waals surface area contributed by atoms with Gasteiger partial charge in [0.05, 0.1) is 55.0 Å². The Balaban J connectivity index is 1.09. The maximum atomic E-state index is 17.0. The van der Waals surface area contributed by atoms with E-state index in [1.807, 2.05) is 0 Å². The molecule has 86 heavy (non-hydrogen) atoms. The highest BCUT2D eigenvalue weighted by Gasteiger charge is 2.48. The zero-order chi connectivity index (χ0) is 57.1. The Kier molecular flexibility index (Phi) is 12.7. The maximum Gasteiger partial charge on any atom is 0.197 e. The average molecular weight is 1120 g/mol. The van der Waals surface area contributed by atoms with E-state index in [1.165, 1.54) is 133 Å². The topological polar surface area (TPSA) is 44.0 Å². The van der Waals surface area contributed by atoms with Crippen molar-refractivity contribution in [1.29, 1.82) is 0 Å². The van der Waals surface area contributed by atoms with Crippen LogP contribution in [0.25, 0.3) is 55.0 Å². The van der Waals surface area contributed by atoms with Crippen LogP contribution in [0.5, 0.6) is 0 Å². The molecule has 4 heterocycles. The minimum absolute atomic E-state index is 0.0454. The van der Waals surface area contributed by atoms with Gasteiger partial charge in [-0.3, -0.25) is 9.59 Å². The number of hydrogen-bond acceptors (Lipinski definition) is 2. The van der Waals surface area contributed by atoms with Crippen molar-refractivity contribution < 1.29 is 0 Å². The van der Waals surface area contributed by atoms with Gasteiger partial charge in [0, 0.05) is 10.8 Å². The van der Waals surface area contributed by atoms with E-state index < -0.39 is 10.8 Å².